The Bertz CT molecular complexity index is 1180. The largest absolute Gasteiger partial charge is 0.339 e. The van der Waals surface area contributed by atoms with Gasteiger partial charge in [-0.25, -0.2) is 4.98 Å². The fourth-order valence-corrected chi connectivity index (χ4v) is 5.08. The van der Waals surface area contributed by atoms with Gasteiger partial charge in [-0.3, -0.25) is 14.4 Å². The molecule has 2 amide bonds. The maximum absolute atomic E-state index is 12.6. The van der Waals surface area contributed by atoms with Crippen molar-refractivity contribution < 1.29 is 9.59 Å². The minimum Gasteiger partial charge on any atom is -0.339 e. The topological polar surface area (TPSA) is 95.2 Å². The molecule has 1 atom stereocenters. The second-order valence-corrected chi connectivity index (χ2v) is 10.0. The highest BCUT2D eigenvalue weighted by atomic mass is 32.2. The first-order valence-corrected chi connectivity index (χ1v) is 12.4. The number of fused-ring (bicyclic) bond motifs is 1. The zero-order chi connectivity index (χ0) is 23.4. The molecule has 9 heteroatoms. The van der Waals surface area contributed by atoms with E-state index in [-0.39, 0.29) is 22.6 Å². The van der Waals surface area contributed by atoms with E-state index in [2.05, 4.69) is 15.3 Å². The summed E-state index contributed by atoms with van der Waals surface area (Å²) in [7, 11) is 0. The molecule has 0 aliphatic rings. The van der Waals surface area contributed by atoms with Crippen molar-refractivity contribution in [1.29, 1.82) is 0 Å². The summed E-state index contributed by atoms with van der Waals surface area (Å²) < 4.78 is 0. The summed E-state index contributed by atoms with van der Waals surface area (Å²) in [4.78, 5) is 48.4. The number of amides is 2. The number of aromatic nitrogens is 2. The lowest BCUT2D eigenvalue weighted by atomic mass is 10.1. The Hall–Kier alpha value is -2.65. The van der Waals surface area contributed by atoms with Crippen molar-refractivity contribution >= 4 is 50.8 Å². The Labute approximate surface area is 195 Å². The molecule has 0 aliphatic heterocycles. The predicted octanol–water partition coefficient (Wildman–Crippen LogP) is 4.34. The molecule has 3 rings (SSSR count). The number of nitrogens with one attached hydrogen (secondary N) is 2. The van der Waals surface area contributed by atoms with Crippen LogP contribution in [0.2, 0.25) is 0 Å². The van der Waals surface area contributed by atoms with Crippen LogP contribution in [0.1, 0.15) is 47.4 Å². The van der Waals surface area contributed by atoms with E-state index in [1.807, 2.05) is 34.6 Å². The van der Waals surface area contributed by atoms with Crippen LogP contribution in [0.5, 0.6) is 0 Å². The number of nitrogens with zero attached hydrogens (tertiary/aromatic N) is 2. The van der Waals surface area contributed by atoms with E-state index in [0.29, 0.717) is 41.3 Å². The normalized spacial score (nSPS) is 12.0. The molecule has 0 spiro atoms. The zero-order valence-electron chi connectivity index (χ0n) is 18.9. The lowest BCUT2D eigenvalue weighted by molar-refractivity contribution is -0.115. The molecule has 2 heterocycles. The maximum atomic E-state index is 12.6. The van der Waals surface area contributed by atoms with Crippen molar-refractivity contribution in [2.24, 2.45) is 0 Å². The molecule has 3 aromatic rings. The van der Waals surface area contributed by atoms with E-state index in [1.165, 1.54) is 23.1 Å². The number of hydrogen-bond acceptors (Lipinski definition) is 6. The van der Waals surface area contributed by atoms with Crippen molar-refractivity contribution in [2.75, 3.05) is 18.4 Å². The molecule has 2 aromatic heterocycles. The van der Waals surface area contributed by atoms with E-state index < -0.39 is 0 Å². The number of rotatable bonds is 8. The van der Waals surface area contributed by atoms with Gasteiger partial charge in [-0.1, -0.05) is 0 Å². The Morgan fingerprint density at radius 1 is 1.19 bits per heavy atom. The number of aryl methyl sites for hydroxylation is 2. The van der Waals surface area contributed by atoms with Gasteiger partial charge >= 0.3 is 0 Å². The van der Waals surface area contributed by atoms with E-state index in [4.69, 9.17) is 0 Å². The second kappa shape index (κ2) is 10.3. The third kappa shape index (κ3) is 5.21. The minimum absolute atomic E-state index is 0.0219. The monoisotopic (exact) mass is 472 g/mol. The van der Waals surface area contributed by atoms with Crippen LogP contribution in [0.15, 0.2) is 29.1 Å². The summed E-state index contributed by atoms with van der Waals surface area (Å²) in [5, 5.41) is 3.18. The predicted molar refractivity (Wildman–Crippen MR) is 133 cm³/mol. The molecule has 0 bridgehead atoms. The summed E-state index contributed by atoms with van der Waals surface area (Å²) in [6.45, 7) is 10.9. The van der Waals surface area contributed by atoms with E-state index in [9.17, 15) is 14.4 Å². The molecule has 1 unspecified atom stereocenters. The van der Waals surface area contributed by atoms with Crippen molar-refractivity contribution in [3.63, 3.8) is 0 Å². The van der Waals surface area contributed by atoms with Gasteiger partial charge in [-0.2, -0.15) is 0 Å². The molecule has 0 saturated heterocycles. The van der Waals surface area contributed by atoms with Crippen LogP contribution in [0, 0.1) is 13.8 Å². The quantitative estimate of drug-likeness (QED) is 0.508. The summed E-state index contributed by atoms with van der Waals surface area (Å²) in [6.07, 6.45) is 0. The molecule has 0 radical (unpaired) electrons. The van der Waals surface area contributed by atoms with Gasteiger partial charge in [-0.05, 0) is 64.4 Å². The minimum atomic E-state index is -0.347. The van der Waals surface area contributed by atoms with E-state index in [0.717, 1.165) is 15.3 Å². The Morgan fingerprint density at radius 3 is 2.47 bits per heavy atom. The number of carbonyl (C=O) groups excluding carboxylic acids is 2. The van der Waals surface area contributed by atoms with Crippen LogP contribution in [0.25, 0.3) is 10.2 Å². The fraction of sp³-hybridized carbons (Fsp3) is 0.391. The van der Waals surface area contributed by atoms with Crippen molar-refractivity contribution in [3.05, 3.63) is 56.4 Å². The maximum Gasteiger partial charge on any atom is 0.259 e. The molecule has 32 heavy (non-hydrogen) atoms. The van der Waals surface area contributed by atoms with Crippen LogP contribution in [-0.2, 0) is 10.5 Å². The van der Waals surface area contributed by atoms with Crippen molar-refractivity contribution in [3.8, 4) is 0 Å². The van der Waals surface area contributed by atoms with E-state index >= 15 is 0 Å². The molecule has 7 nitrogen and oxygen atoms in total. The number of anilines is 1. The van der Waals surface area contributed by atoms with Gasteiger partial charge in [0.2, 0.25) is 5.91 Å². The molecule has 0 fully saturated rings. The first-order chi connectivity index (χ1) is 15.2. The summed E-state index contributed by atoms with van der Waals surface area (Å²) >= 11 is 2.91. The number of thioether (sulfide) groups is 1. The standard InChI is InChI=1S/C23H28N4O3S2/c1-6-27(7-2)23(30)16-8-10-17(11-9-16)24-20(28)15(5)31-12-18-25-21(29)19-13(3)14(4)32-22(19)26-18/h8-11,15H,6-7,12H2,1-5H3,(H,24,28)(H,25,26,29). The van der Waals surface area contributed by atoms with Gasteiger partial charge in [-0.15, -0.1) is 23.1 Å². The van der Waals surface area contributed by atoms with Crippen LogP contribution in [-0.4, -0.2) is 45.0 Å². The molecule has 1 aromatic carbocycles. The average Bonchev–Trinajstić information content (AvgIpc) is 3.07. The number of aromatic amines is 1. The highest BCUT2D eigenvalue weighted by molar-refractivity contribution is 7.99. The van der Waals surface area contributed by atoms with E-state index in [1.54, 1.807) is 29.2 Å². The average molecular weight is 473 g/mol. The lowest BCUT2D eigenvalue weighted by Crippen LogP contribution is -2.30. The van der Waals surface area contributed by atoms with Gasteiger partial charge in [0.05, 0.1) is 16.4 Å². The molecular formula is C23H28N4O3S2. The third-order valence-electron chi connectivity index (χ3n) is 5.38. The molecule has 0 saturated carbocycles. The van der Waals surface area contributed by atoms with Gasteiger partial charge in [0, 0.05) is 29.2 Å². The summed E-state index contributed by atoms with van der Waals surface area (Å²) in [5.41, 5.74) is 2.06. The Kier molecular flexibility index (Phi) is 7.73. The fourth-order valence-electron chi connectivity index (χ4n) is 3.28. The van der Waals surface area contributed by atoms with Gasteiger partial charge in [0.1, 0.15) is 10.7 Å². The number of H-pyrrole nitrogens is 1. The number of thiophene rings is 1. The van der Waals surface area contributed by atoms with Crippen LogP contribution in [0.4, 0.5) is 5.69 Å². The van der Waals surface area contributed by atoms with Gasteiger partial charge in [0.25, 0.3) is 11.5 Å². The first-order valence-electron chi connectivity index (χ1n) is 10.6. The molecule has 170 valence electrons. The second-order valence-electron chi connectivity index (χ2n) is 7.47. The SMILES string of the molecule is CCN(CC)C(=O)c1ccc(NC(=O)C(C)SCc2nc3sc(C)c(C)c3c(=O)[nH]2)cc1. The smallest absolute Gasteiger partial charge is 0.259 e. The number of carbonyl (C=O) groups is 2. The number of benzene rings is 1. The highest BCUT2D eigenvalue weighted by Crippen LogP contribution is 2.26. The van der Waals surface area contributed by atoms with Gasteiger partial charge in [0.15, 0.2) is 0 Å². The molecule has 0 aliphatic carbocycles. The Morgan fingerprint density at radius 2 is 1.84 bits per heavy atom. The zero-order valence-corrected chi connectivity index (χ0v) is 20.6. The van der Waals surface area contributed by atoms with Gasteiger partial charge < -0.3 is 15.2 Å². The van der Waals surface area contributed by atoms with Crippen LogP contribution >= 0.6 is 23.1 Å². The van der Waals surface area contributed by atoms with Crippen LogP contribution in [0.3, 0.4) is 0 Å². The summed E-state index contributed by atoms with van der Waals surface area (Å²) in [6, 6.07) is 6.92. The highest BCUT2D eigenvalue weighted by Gasteiger charge is 2.17. The molecular weight excluding hydrogens is 444 g/mol. The van der Waals surface area contributed by atoms with Crippen molar-refractivity contribution in [1.82, 2.24) is 14.9 Å². The number of hydrogen-bond donors (Lipinski definition) is 2. The summed E-state index contributed by atoms with van der Waals surface area (Å²) in [5.74, 6) is 0.815. The third-order valence-corrected chi connectivity index (χ3v) is 7.63. The first kappa shape index (κ1) is 24.0. The Balaban J connectivity index is 1.60. The van der Waals surface area contributed by atoms with Crippen molar-refractivity contribution in [2.45, 2.75) is 45.6 Å². The molecule has 2 N–H and O–H groups in total. The van der Waals surface area contributed by atoms with Crippen LogP contribution < -0.4 is 10.9 Å². The lowest BCUT2D eigenvalue weighted by Gasteiger charge is -2.18.